The third-order valence-electron chi connectivity index (χ3n) is 2.10. The first-order chi connectivity index (χ1) is 7.13. The molecule has 0 aliphatic heterocycles. The summed E-state index contributed by atoms with van der Waals surface area (Å²) >= 11 is 0. The van der Waals surface area contributed by atoms with Gasteiger partial charge < -0.3 is 9.53 Å². The highest BCUT2D eigenvalue weighted by Gasteiger charge is 2.08. The van der Waals surface area contributed by atoms with Crippen LogP contribution in [0.15, 0.2) is 24.3 Å². The number of benzene rings is 1. The fourth-order valence-corrected chi connectivity index (χ4v) is 1.28. The van der Waals surface area contributed by atoms with Gasteiger partial charge in [0.25, 0.3) is 0 Å². The first-order valence-electron chi connectivity index (χ1n) is 4.62. The van der Waals surface area contributed by atoms with Crippen LogP contribution in [-0.2, 0) is 4.79 Å². The third-order valence-corrected chi connectivity index (χ3v) is 2.10. The number of ether oxygens (including phenoxy) is 1. The molecule has 1 atom stereocenters. The van der Waals surface area contributed by atoms with Gasteiger partial charge in [-0.2, -0.15) is 8.78 Å². The Morgan fingerprint density at radius 2 is 2.20 bits per heavy atom. The van der Waals surface area contributed by atoms with Crippen molar-refractivity contribution in [3.05, 3.63) is 29.8 Å². The van der Waals surface area contributed by atoms with E-state index in [1.807, 2.05) is 6.92 Å². The molecule has 0 aromatic heterocycles. The molecular formula is C11H12F2O2. The molecule has 15 heavy (non-hydrogen) atoms. The van der Waals surface area contributed by atoms with Gasteiger partial charge in [0.15, 0.2) is 0 Å². The van der Waals surface area contributed by atoms with Crippen LogP contribution in [0.4, 0.5) is 8.78 Å². The van der Waals surface area contributed by atoms with Crippen molar-refractivity contribution in [1.82, 2.24) is 0 Å². The zero-order valence-electron chi connectivity index (χ0n) is 8.32. The second kappa shape index (κ2) is 5.44. The topological polar surface area (TPSA) is 26.3 Å². The van der Waals surface area contributed by atoms with Gasteiger partial charge in [-0.05, 0) is 23.6 Å². The lowest BCUT2D eigenvalue weighted by atomic mass is 9.98. The molecule has 0 aliphatic rings. The van der Waals surface area contributed by atoms with E-state index < -0.39 is 6.61 Å². The monoisotopic (exact) mass is 214 g/mol. The highest BCUT2D eigenvalue weighted by atomic mass is 19.3. The smallest absolute Gasteiger partial charge is 0.387 e. The molecule has 1 unspecified atom stereocenters. The Balaban J connectivity index is 2.77. The van der Waals surface area contributed by atoms with Crippen LogP contribution in [0.2, 0.25) is 0 Å². The summed E-state index contributed by atoms with van der Waals surface area (Å²) in [5, 5.41) is 0. The van der Waals surface area contributed by atoms with E-state index in [1.165, 1.54) is 12.1 Å². The molecule has 0 N–H and O–H groups in total. The number of hydrogen-bond donors (Lipinski definition) is 0. The lowest BCUT2D eigenvalue weighted by Crippen LogP contribution is -2.03. The zero-order valence-corrected chi connectivity index (χ0v) is 8.32. The van der Waals surface area contributed by atoms with E-state index >= 15 is 0 Å². The van der Waals surface area contributed by atoms with Crippen LogP contribution in [0.25, 0.3) is 0 Å². The van der Waals surface area contributed by atoms with E-state index in [2.05, 4.69) is 4.74 Å². The number of carbonyl (C=O) groups is 1. The first kappa shape index (κ1) is 11.6. The predicted molar refractivity (Wildman–Crippen MR) is 52.2 cm³/mol. The Morgan fingerprint density at radius 1 is 1.47 bits per heavy atom. The summed E-state index contributed by atoms with van der Waals surface area (Å²) in [4.78, 5) is 10.3. The van der Waals surface area contributed by atoms with Crippen molar-refractivity contribution in [2.75, 3.05) is 0 Å². The maximum absolute atomic E-state index is 11.9. The number of halogens is 2. The van der Waals surface area contributed by atoms with Crippen molar-refractivity contribution >= 4 is 6.29 Å². The predicted octanol–water partition coefficient (Wildman–Crippen LogP) is 2.98. The molecule has 1 aromatic rings. The molecular weight excluding hydrogens is 202 g/mol. The Labute approximate surface area is 86.9 Å². The summed E-state index contributed by atoms with van der Waals surface area (Å²) in [5.74, 6) is 0.143. The van der Waals surface area contributed by atoms with Gasteiger partial charge in [0.05, 0.1) is 0 Å². The SMILES string of the molecule is CC(CC=O)c1cccc(OC(F)F)c1. The van der Waals surface area contributed by atoms with E-state index in [0.29, 0.717) is 6.42 Å². The maximum Gasteiger partial charge on any atom is 0.387 e. The molecule has 1 rings (SSSR count). The number of hydrogen-bond acceptors (Lipinski definition) is 2. The Morgan fingerprint density at radius 3 is 2.80 bits per heavy atom. The lowest BCUT2D eigenvalue weighted by molar-refractivity contribution is -0.108. The normalized spacial score (nSPS) is 12.5. The zero-order chi connectivity index (χ0) is 11.3. The molecule has 0 aliphatic carbocycles. The first-order valence-corrected chi connectivity index (χ1v) is 4.62. The third kappa shape index (κ3) is 3.65. The summed E-state index contributed by atoms with van der Waals surface area (Å²) in [6, 6.07) is 6.41. The summed E-state index contributed by atoms with van der Waals surface area (Å²) < 4.78 is 28.1. The van der Waals surface area contributed by atoms with Gasteiger partial charge in [0, 0.05) is 6.42 Å². The van der Waals surface area contributed by atoms with E-state index in [4.69, 9.17) is 0 Å². The fourth-order valence-electron chi connectivity index (χ4n) is 1.28. The molecule has 0 saturated heterocycles. The van der Waals surface area contributed by atoms with Gasteiger partial charge in [-0.1, -0.05) is 19.1 Å². The van der Waals surface area contributed by atoms with E-state index in [9.17, 15) is 13.6 Å². The van der Waals surface area contributed by atoms with Gasteiger partial charge in [0.1, 0.15) is 12.0 Å². The van der Waals surface area contributed by atoms with Crippen molar-refractivity contribution in [2.45, 2.75) is 25.9 Å². The molecule has 0 radical (unpaired) electrons. The minimum Gasteiger partial charge on any atom is -0.435 e. The molecule has 0 saturated carbocycles. The Hall–Kier alpha value is -1.45. The van der Waals surface area contributed by atoms with Crippen molar-refractivity contribution in [3.8, 4) is 5.75 Å². The quantitative estimate of drug-likeness (QED) is 0.704. The summed E-state index contributed by atoms with van der Waals surface area (Å²) in [6.45, 7) is -0.961. The number of carbonyl (C=O) groups excluding carboxylic acids is 1. The molecule has 4 heteroatoms. The van der Waals surface area contributed by atoms with Gasteiger partial charge in [0.2, 0.25) is 0 Å². The molecule has 0 spiro atoms. The average molecular weight is 214 g/mol. The van der Waals surface area contributed by atoms with Crippen LogP contribution >= 0.6 is 0 Å². The number of aldehydes is 1. The van der Waals surface area contributed by atoms with Crippen molar-refractivity contribution in [1.29, 1.82) is 0 Å². The van der Waals surface area contributed by atoms with Gasteiger partial charge in [-0.15, -0.1) is 0 Å². The fraction of sp³-hybridized carbons (Fsp3) is 0.364. The van der Waals surface area contributed by atoms with Gasteiger partial charge in [-0.25, -0.2) is 0 Å². The van der Waals surface area contributed by atoms with E-state index in [-0.39, 0.29) is 11.7 Å². The van der Waals surface area contributed by atoms with Crippen LogP contribution in [-0.4, -0.2) is 12.9 Å². The van der Waals surface area contributed by atoms with Crippen LogP contribution in [0.1, 0.15) is 24.8 Å². The molecule has 0 heterocycles. The second-order valence-electron chi connectivity index (χ2n) is 3.25. The van der Waals surface area contributed by atoms with Crippen LogP contribution in [0, 0.1) is 0 Å². The van der Waals surface area contributed by atoms with E-state index in [0.717, 1.165) is 11.8 Å². The molecule has 2 nitrogen and oxygen atoms in total. The molecule has 0 amide bonds. The lowest BCUT2D eigenvalue weighted by Gasteiger charge is -2.10. The molecule has 0 bridgehead atoms. The number of rotatable bonds is 5. The van der Waals surface area contributed by atoms with Crippen LogP contribution in [0.5, 0.6) is 5.75 Å². The Kier molecular flexibility index (Phi) is 4.21. The molecule has 0 fully saturated rings. The minimum atomic E-state index is -2.82. The second-order valence-corrected chi connectivity index (χ2v) is 3.25. The average Bonchev–Trinajstić information content (AvgIpc) is 2.17. The maximum atomic E-state index is 11.9. The largest absolute Gasteiger partial charge is 0.435 e. The summed E-state index contributed by atoms with van der Waals surface area (Å²) in [5.41, 5.74) is 0.820. The highest BCUT2D eigenvalue weighted by molar-refractivity contribution is 5.51. The Bertz CT molecular complexity index is 326. The summed E-state index contributed by atoms with van der Waals surface area (Å²) in [7, 11) is 0. The van der Waals surface area contributed by atoms with Crippen LogP contribution in [0.3, 0.4) is 0 Å². The standard InChI is InChI=1S/C11H12F2O2/c1-8(5-6-14)9-3-2-4-10(7-9)15-11(12)13/h2-4,6-8,11H,5H2,1H3. The summed E-state index contributed by atoms with van der Waals surface area (Å²) in [6.07, 6.45) is 1.18. The molecule has 82 valence electrons. The van der Waals surface area contributed by atoms with Crippen LogP contribution < -0.4 is 4.74 Å². The van der Waals surface area contributed by atoms with Gasteiger partial charge >= 0.3 is 6.61 Å². The molecule has 1 aromatic carbocycles. The van der Waals surface area contributed by atoms with Crippen molar-refractivity contribution in [2.24, 2.45) is 0 Å². The van der Waals surface area contributed by atoms with E-state index in [1.54, 1.807) is 12.1 Å². The van der Waals surface area contributed by atoms with Crippen molar-refractivity contribution < 1.29 is 18.3 Å². The highest BCUT2D eigenvalue weighted by Crippen LogP contribution is 2.23. The van der Waals surface area contributed by atoms with Gasteiger partial charge in [-0.3, -0.25) is 0 Å². The minimum absolute atomic E-state index is 0.0173. The van der Waals surface area contributed by atoms with Crippen molar-refractivity contribution in [3.63, 3.8) is 0 Å². The number of alkyl halides is 2.